The van der Waals surface area contributed by atoms with Crippen molar-refractivity contribution in [2.24, 2.45) is 0 Å². The Morgan fingerprint density at radius 3 is 2.88 bits per heavy atom. The van der Waals surface area contributed by atoms with Crippen molar-refractivity contribution in [1.82, 2.24) is 20.0 Å². The summed E-state index contributed by atoms with van der Waals surface area (Å²) in [4.78, 5) is 37.4. The Morgan fingerprint density at radius 2 is 2.15 bits per heavy atom. The number of alkyl halides is 2. The van der Waals surface area contributed by atoms with E-state index in [1.54, 1.807) is 38.1 Å². The fraction of sp³-hybridized carbons (Fsp3) is 0.391. The molecule has 3 amide bonds. The van der Waals surface area contributed by atoms with Gasteiger partial charge in [-0.2, -0.15) is 5.10 Å². The summed E-state index contributed by atoms with van der Waals surface area (Å²) in [5, 5.41) is 6.91. The van der Waals surface area contributed by atoms with Gasteiger partial charge in [-0.25, -0.2) is 8.78 Å². The molecule has 1 saturated heterocycles. The fourth-order valence-corrected chi connectivity index (χ4v) is 4.07. The van der Waals surface area contributed by atoms with Crippen molar-refractivity contribution in [3.63, 3.8) is 0 Å². The van der Waals surface area contributed by atoms with E-state index >= 15 is 0 Å². The molecule has 0 saturated carbocycles. The third kappa shape index (κ3) is 4.37. The number of furan rings is 1. The van der Waals surface area contributed by atoms with Gasteiger partial charge >= 0.3 is 0 Å². The van der Waals surface area contributed by atoms with E-state index in [1.165, 1.54) is 15.8 Å². The van der Waals surface area contributed by atoms with Crippen molar-refractivity contribution in [1.29, 1.82) is 0 Å². The van der Waals surface area contributed by atoms with Gasteiger partial charge in [-0.1, -0.05) is 0 Å². The smallest absolute Gasteiger partial charge is 0.265 e. The number of hydrogen-bond acceptors (Lipinski definition) is 6. The lowest BCUT2D eigenvalue weighted by Crippen LogP contribution is -2.23. The number of hydrogen-bond donors (Lipinski definition) is 1. The molecule has 0 spiro atoms. The third-order valence-corrected chi connectivity index (χ3v) is 5.93. The number of nitrogens with one attached hydrogen (secondary N) is 1. The molecule has 2 aromatic heterocycles. The summed E-state index contributed by atoms with van der Waals surface area (Å²) in [6.07, 6.45) is 0.453. The summed E-state index contributed by atoms with van der Waals surface area (Å²) >= 11 is 0. The van der Waals surface area contributed by atoms with E-state index in [0.29, 0.717) is 54.0 Å². The molecule has 3 heterocycles. The molecule has 1 atom stereocenters. The Morgan fingerprint density at radius 1 is 1.35 bits per heavy atom. The number of fused-ring (bicyclic) bond motifs is 1. The summed E-state index contributed by atoms with van der Waals surface area (Å²) in [6.45, 7) is 3.24. The van der Waals surface area contributed by atoms with Crippen LogP contribution in [0, 0.1) is 6.92 Å². The molecule has 0 aliphatic carbocycles. The van der Waals surface area contributed by atoms with Crippen molar-refractivity contribution in [3.05, 3.63) is 47.5 Å². The van der Waals surface area contributed by atoms with Gasteiger partial charge in [-0.05, 0) is 51.0 Å². The van der Waals surface area contributed by atoms with Gasteiger partial charge in [0.05, 0.1) is 11.3 Å². The van der Waals surface area contributed by atoms with Crippen molar-refractivity contribution < 1.29 is 32.3 Å². The number of nitrogens with zero attached hydrogens (tertiary/aromatic N) is 3. The van der Waals surface area contributed by atoms with E-state index in [4.69, 9.17) is 9.15 Å². The SMILES string of the molecule is Cc1oc2ccc(OCc3ccnn3CC(F)F)cc2c1C(=O)N1C(=O)C1(C)CCCNC=O. The van der Waals surface area contributed by atoms with Gasteiger partial charge in [-0.15, -0.1) is 0 Å². The van der Waals surface area contributed by atoms with Gasteiger partial charge in [-0.3, -0.25) is 24.0 Å². The van der Waals surface area contributed by atoms with Crippen LogP contribution in [-0.2, 0) is 22.7 Å². The predicted octanol–water partition coefficient (Wildman–Crippen LogP) is 3.05. The molecule has 1 aliphatic rings. The maximum atomic E-state index is 13.3. The predicted molar refractivity (Wildman–Crippen MR) is 116 cm³/mol. The molecule has 3 aromatic rings. The van der Waals surface area contributed by atoms with Gasteiger partial charge in [0.15, 0.2) is 0 Å². The average Bonchev–Trinajstić information content (AvgIpc) is 3.10. The van der Waals surface area contributed by atoms with Crippen molar-refractivity contribution in [2.75, 3.05) is 6.54 Å². The lowest BCUT2D eigenvalue weighted by molar-refractivity contribution is -0.113. The van der Waals surface area contributed by atoms with E-state index < -0.39 is 24.4 Å². The van der Waals surface area contributed by atoms with Crippen molar-refractivity contribution >= 4 is 29.2 Å². The molecule has 11 heteroatoms. The number of rotatable bonds is 11. The van der Waals surface area contributed by atoms with E-state index in [-0.39, 0.29) is 18.1 Å². The fourth-order valence-electron chi connectivity index (χ4n) is 4.07. The summed E-state index contributed by atoms with van der Waals surface area (Å²) in [7, 11) is 0. The zero-order chi connectivity index (χ0) is 24.5. The molecule has 1 unspecified atom stereocenters. The maximum Gasteiger partial charge on any atom is 0.265 e. The highest BCUT2D eigenvalue weighted by Crippen LogP contribution is 2.41. The molecule has 1 N–H and O–H groups in total. The maximum absolute atomic E-state index is 13.3. The Hall–Kier alpha value is -3.76. The standard InChI is InChI=1S/C23H24F2N4O5/c1-14-20(21(31)29-22(32)23(29,2)7-3-8-26-13-30)17-10-16(4-5-18(17)34-14)33-12-15-6-9-27-28(15)11-19(24)25/h4-6,9-10,13,19H,3,7-8,11-12H2,1-2H3,(H,26,30). The van der Waals surface area contributed by atoms with Gasteiger partial charge in [0.25, 0.3) is 18.2 Å². The second-order valence-corrected chi connectivity index (χ2v) is 8.27. The minimum absolute atomic E-state index is 0.00977. The van der Waals surface area contributed by atoms with Crippen LogP contribution in [-0.4, -0.2) is 51.4 Å². The zero-order valence-electron chi connectivity index (χ0n) is 18.7. The highest BCUT2D eigenvalue weighted by atomic mass is 19.3. The molecule has 9 nitrogen and oxygen atoms in total. The Bertz CT molecular complexity index is 1240. The summed E-state index contributed by atoms with van der Waals surface area (Å²) in [5.41, 5.74) is 0.289. The number of carbonyl (C=O) groups is 3. The lowest BCUT2D eigenvalue weighted by Gasteiger charge is -2.10. The molecule has 0 radical (unpaired) electrons. The van der Waals surface area contributed by atoms with Gasteiger partial charge in [0.1, 0.15) is 35.8 Å². The zero-order valence-corrected chi connectivity index (χ0v) is 18.7. The van der Waals surface area contributed by atoms with Crippen LogP contribution in [0.3, 0.4) is 0 Å². The molecule has 1 fully saturated rings. The lowest BCUT2D eigenvalue weighted by atomic mass is 10.0. The minimum Gasteiger partial charge on any atom is -0.487 e. The normalized spacial score (nSPS) is 17.4. The Labute approximate surface area is 193 Å². The summed E-state index contributed by atoms with van der Waals surface area (Å²) in [5.74, 6) is 0.0418. The third-order valence-electron chi connectivity index (χ3n) is 5.93. The monoisotopic (exact) mass is 474 g/mol. The van der Waals surface area contributed by atoms with Crippen LogP contribution >= 0.6 is 0 Å². The van der Waals surface area contributed by atoms with Gasteiger partial charge in [0, 0.05) is 18.1 Å². The van der Waals surface area contributed by atoms with Crippen LogP contribution in [0.1, 0.15) is 41.6 Å². The Balaban J connectivity index is 1.52. The van der Waals surface area contributed by atoms with E-state index in [0.717, 1.165) is 0 Å². The number of ether oxygens (including phenoxy) is 1. The van der Waals surface area contributed by atoms with E-state index in [1.807, 2.05) is 0 Å². The number of carbonyl (C=O) groups excluding carboxylic acids is 3. The highest BCUT2D eigenvalue weighted by Gasteiger charge is 2.62. The second kappa shape index (κ2) is 9.24. The molecule has 4 rings (SSSR count). The molecule has 180 valence electrons. The molecule has 34 heavy (non-hydrogen) atoms. The molecule has 1 aromatic carbocycles. The van der Waals surface area contributed by atoms with Crippen molar-refractivity contribution in [2.45, 2.75) is 51.8 Å². The number of amides is 3. The molecule has 1 aliphatic heterocycles. The largest absolute Gasteiger partial charge is 0.487 e. The summed E-state index contributed by atoms with van der Waals surface area (Å²) < 4.78 is 38.1. The highest BCUT2D eigenvalue weighted by molar-refractivity contribution is 6.22. The topological polar surface area (TPSA) is 106 Å². The quantitative estimate of drug-likeness (QED) is 0.198. The average molecular weight is 474 g/mol. The summed E-state index contributed by atoms with van der Waals surface area (Å²) in [6, 6.07) is 6.53. The number of aryl methyl sites for hydroxylation is 1. The number of imide groups is 1. The first kappa shape index (κ1) is 23.4. The Kier molecular flexibility index (Phi) is 6.36. The van der Waals surface area contributed by atoms with Crippen LogP contribution in [0.25, 0.3) is 11.0 Å². The van der Waals surface area contributed by atoms with Crippen molar-refractivity contribution in [3.8, 4) is 5.75 Å². The first-order valence-electron chi connectivity index (χ1n) is 10.8. The first-order valence-corrected chi connectivity index (χ1v) is 10.8. The molecular formula is C23H24F2N4O5. The van der Waals surface area contributed by atoms with Gasteiger partial charge < -0.3 is 14.5 Å². The second-order valence-electron chi connectivity index (χ2n) is 8.27. The first-order chi connectivity index (χ1) is 16.3. The van der Waals surface area contributed by atoms with Crippen LogP contribution in [0.4, 0.5) is 8.78 Å². The minimum atomic E-state index is -2.54. The van der Waals surface area contributed by atoms with E-state index in [2.05, 4.69) is 10.4 Å². The van der Waals surface area contributed by atoms with Gasteiger partial charge in [0.2, 0.25) is 6.41 Å². The molecule has 0 bridgehead atoms. The molecular weight excluding hydrogens is 450 g/mol. The van der Waals surface area contributed by atoms with Crippen LogP contribution in [0.5, 0.6) is 5.75 Å². The van der Waals surface area contributed by atoms with Crippen LogP contribution in [0.2, 0.25) is 0 Å². The van der Waals surface area contributed by atoms with E-state index in [9.17, 15) is 23.2 Å². The van der Waals surface area contributed by atoms with Crippen LogP contribution < -0.4 is 10.1 Å². The number of aromatic nitrogens is 2. The van der Waals surface area contributed by atoms with Crippen LogP contribution in [0.15, 0.2) is 34.9 Å². The number of benzene rings is 1. The number of halogens is 2.